The Balaban J connectivity index is 1.62. The van der Waals surface area contributed by atoms with Gasteiger partial charge in [0.05, 0.1) is 17.8 Å². The molecule has 0 aliphatic carbocycles. The van der Waals surface area contributed by atoms with Crippen LogP contribution in [0.4, 0.5) is 5.69 Å². The Morgan fingerprint density at radius 3 is 2.45 bits per heavy atom. The third-order valence-corrected chi connectivity index (χ3v) is 5.69. The molecule has 0 unspecified atom stereocenters. The van der Waals surface area contributed by atoms with Crippen LogP contribution in [0.1, 0.15) is 16.7 Å². The summed E-state index contributed by atoms with van der Waals surface area (Å²) in [6.07, 6.45) is 1.41. The number of hydrogen-bond acceptors (Lipinski definition) is 5. The first kappa shape index (κ1) is 24.5. The first-order valence-corrected chi connectivity index (χ1v) is 11.4. The molecule has 3 aromatic rings. The molecule has 7 nitrogen and oxygen atoms in total. The van der Waals surface area contributed by atoms with E-state index in [1.165, 1.54) is 13.3 Å². The van der Waals surface area contributed by atoms with Crippen LogP contribution in [0.5, 0.6) is 11.5 Å². The van der Waals surface area contributed by atoms with Gasteiger partial charge in [0, 0.05) is 10.2 Å². The molecular formula is C24H21Br2N3O4. The maximum absolute atomic E-state index is 12.0. The van der Waals surface area contributed by atoms with Gasteiger partial charge in [0.25, 0.3) is 0 Å². The van der Waals surface area contributed by atoms with Crippen molar-refractivity contribution in [1.29, 1.82) is 0 Å². The lowest BCUT2D eigenvalue weighted by atomic mass is 10.1. The zero-order chi connectivity index (χ0) is 23.8. The number of nitrogens with one attached hydrogen (secondary N) is 2. The molecule has 0 atom stereocenters. The van der Waals surface area contributed by atoms with Crippen molar-refractivity contribution in [3.05, 3.63) is 86.3 Å². The number of aryl methyl sites for hydroxylation is 1. The van der Waals surface area contributed by atoms with E-state index in [9.17, 15) is 9.59 Å². The van der Waals surface area contributed by atoms with Crippen molar-refractivity contribution in [2.45, 2.75) is 13.5 Å². The molecule has 0 spiro atoms. The summed E-state index contributed by atoms with van der Waals surface area (Å²) >= 11 is 6.80. The van der Waals surface area contributed by atoms with Gasteiger partial charge in [0.1, 0.15) is 6.61 Å². The van der Waals surface area contributed by atoms with Crippen molar-refractivity contribution in [2.75, 3.05) is 12.4 Å². The number of hydrazone groups is 1. The first-order chi connectivity index (χ1) is 15.9. The monoisotopic (exact) mass is 573 g/mol. The number of ether oxygens (including phenoxy) is 2. The van der Waals surface area contributed by atoms with E-state index in [-0.39, 0.29) is 0 Å². The Morgan fingerprint density at radius 2 is 1.76 bits per heavy atom. The Morgan fingerprint density at radius 1 is 1.03 bits per heavy atom. The summed E-state index contributed by atoms with van der Waals surface area (Å²) in [6, 6.07) is 18.3. The average molecular weight is 575 g/mol. The molecule has 3 aromatic carbocycles. The van der Waals surface area contributed by atoms with Gasteiger partial charge in [0.2, 0.25) is 0 Å². The molecule has 33 heavy (non-hydrogen) atoms. The molecule has 2 amide bonds. The smallest absolute Gasteiger partial charge is 0.329 e. The van der Waals surface area contributed by atoms with Crippen LogP contribution in [0.3, 0.4) is 0 Å². The predicted molar refractivity (Wildman–Crippen MR) is 135 cm³/mol. The van der Waals surface area contributed by atoms with E-state index in [1.807, 2.05) is 31.2 Å². The van der Waals surface area contributed by atoms with Crippen molar-refractivity contribution < 1.29 is 19.1 Å². The lowest BCUT2D eigenvalue weighted by Gasteiger charge is -2.14. The van der Waals surface area contributed by atoms with E-state index in [4.69, 9.17) is 9.47 Å². The standard InChI is InChI=1S/C24H21Br2N3O4/c1-15-5-3-4-6-17(15)14-33-22-20(26)11-16(12-21(22)32-2)13-27-29-24(31)23(30)28-19-9-7-18(25)8-10-19/h3-13H,14H2,1-2H3,(H,28,30)(H,29,31). The minimum Gasteiger partial charge on any atom is -0.493 e. The van der Waals surface area contributed by atoms with E-state index in [1.54, 1.807) is 36.4 Å². The number of carbonyl (C=O) groups is 2. The Kier molecular flexibility index (Phi) is 8.62. The topological polar surface area (TPSA) is 89.0 Å². The summed E-state index contributed by atoms with van der Waals surface area (Å²) in [7, 11) is 1.54. The molecule has 0 heterocycles. The fourth-order valence-corrected chi connectivity index (χ4v) is 3.65. The molecule has 0 aromatic heterocycles. The van der Waals surface area contributed by atoms with Crippen molar-refractivity contribution in [3.8, 4) is 11.5 Å². The van der Waals surface area contributed by atoms with Gasteiger partial charge in [-0.3, -0.25) is 9.59 Å². The van der Waals surface area contributed by atoms with Crippen LogP contribution in [-0.4, -0.2) is 25.1 Å². The summed E-state index contributed by atoms with van der Waals surface area (Å²) in [5.41, 5.74) is 5.55. The van der Waals surface area contributed by atoms with E-state index < -0.39 is 11.8 Å². The van der Waals surface area contributed by atoms with Crippen LogP contribution in [0.25, 0.3) is 0 Å². The first-order valence-electron chi connectivity index (χ1n) is 9.82. The van der Waals surface area contributed by atoms with Gasteiger partial charge >= 0.3 is 11.8 Å². The van der Waals surface area contributed by atoms with Gasteiger partial charge in [0.15, 0.2) is 11.5 Å². The van der Waals surface area contributed by atoms with E-state index >= 15 is 0 Å². The SMILES string of the molecule is COc1cc(C=NNC(=O)C(=O)Nc2ccc(Br)cc2)cc(Br)c1OCc1ccccc1C. The second-order valence-corrected chi connectivity index (χ2v) is 8.68. The van der Waals surface area contributed by atoms with Crippen molar-refractivity contribution >= 4 is 55.6 Å². The highest BCUT2D eigenvalue weighted by atomic mass is 79.9. The molecule has 9 heteroatoms. The molecule has 0 saturated heterocycles. The molecule has 3 rings (SSSR count). The highest BCUT2D eigenvalue weighted by molar-refractivity contribution is 9.10. The number of amides is 2. The molecule has 170 valence electrons. The van der Waals surface area contributed by atoms with Gasteiger partial charge in [-0.1, -0.05) is 40.2 Å². The van der Waals surface area contributed by atoms with Crippen LogP contribution in [-0.2, 0) is 16.2 Å². The zero-order valence-electron chi connectivity index (χ0n) is 17.9. The van der Waals surface area contributed by atoms with Crippen LogP contribution < -0.4 is 20.2 Å². The van der Waals surface area contributed by atoms with E-state index in [2.05, 4.69) is 47.7 Å². The van der Waals surface area contributed by atoms with Gasteiger partial charge in [-0.15, -0.1) is 0 Å². The summed E-state index contributed by atoms with van der Waals surface area (Å²) in [5, 5.41) is 6.35. The maximum atomic E-state index is 12.0. The molecule has 0 bridgehead atoms. The number of halogens is 2. The largest absolute Gasteiger partial charge is 0.493 e. The Hall–Kier alpha value is -3.17. The van der Waals surface area contributed by atoms with Crippen LogP contribution in [0, 0.1) is 6.92 Å². The minimum atomic E-state index is -0.890. The normalized spacial score (nSPS) is 10.7. The summed E-state index contributed by atoms with van der Waals surface area (Å²) < 4.78 is 13.0. The lowest BCUT2D eigenvalue weighted by molar-refractivity contribution is -0.136. The lowest BCUT2D eigenvalue weighted by Crippen LogP contribution is -2.32. The van der Waals surface area contributed by atoms with Crippen molar-refractivity contribution in [1.82, 2.24) is 5.43 Å². The van der Waals surface area contributed by atoms with Gasteiger partial charge in [-0.05, 0) is 75.9 Å². The van der Waals surface area contributed by atoms with Crippen molar-refractivity contribution in [3.63, 3.8) is 0 Å². The fourth-order valence-electron chi connectivity index (χ4n) is 2.81. The summed E-state index contributed by atoms with van der Waals surface area (Å²) in [4.78, 5) is 24.0. The van der Waals surface area contributed by atoms with Gasteiger partial charge in [-0.2, -0.15) is 5.10 Å². The molecule has 0 radical (unpaired) electrons. The molecule has 2 N–H and O–H groups in total. The van der Waals surface area contributed by atoms with Gasteiger partial charge in [-0.25, -0.2) is 5.43 Å². The van der Waals surface area contributed by atoms with E-state index in [0.717, 1.165) is 15.6 Å². The Labute approximate surface area is 208 Å². The van der Waals surface area contributed by atoms with Crippen molar-refractivity contribution in [2.24, 2.45) is 5.10 Å². The third-order valence-electron chi connectivity index (χ3n) is 4.57. The zero-order valence-corrected chi connectivity index (χ0v) is 21.1. The minimum absolute atomic E-state index is 0.388. The number of benzene rings is 3. The maximum Gasteiger partial charge on any atom is 0.329 e. The Bertz CT molecular complexity index is 1180. The summed E-state index contributed by atoms with van der Waals surface area (Å²) in [6.45, 7) is 2.41. The fraction of sp³-hybridized carbons (Fsp3) is 0.125. The number of nitrogens with zero attached hydrogens (tertiary/aromatic N) is 1. The number of methoxy groups -OCH3 is 1. The van der Waals surface area contributed by atoms with Crippen LogP contribution >= 0.6 is 31.9 Å². The number of hydrogen-bond donors (Lipinski definition) is 2. The molecule has 0 aliphatic rings. The second kappa shape index (κ2) is 11.6. The number of rotatable bonds is 7. The van der Waals surface area contributed by atoms with Crippen LogP contribution in [0.2, 0.25) is 0 Å². The highest BCUT2D eigenvalue weighted by Gasteiger charge is 2.14. The molecule has 0 aliphatic heterocycles. The second-order valence-electron chi connectivity index (χ2n) is 6.91. The molecule has 0 fully saturated rings. The highest BCUT2D eigenvalue weighted by Crippen LogP contribution is 2.37. The average Bonchev–Trinajstić information content (AvgIpc) is 2.80. The third kappa shape index (κ3) is 6.90. The number of carbonyl (C=O) groups excluding carboxylic acids is 2. The van der Waals surface area contributed by atoms with Crippen LogP contribution in [0.15, 0.2) is 74.7 Å². The van der Waals surface area contributed by atoms with Gasteiger partial charge < -0.3 is 14.8 Å². The predicted octanol–water partition coefficient (Wildman–Crippen LogP) is 5.20. The molecule has 0 saturated carbocycles. The molecular weight excluding hydrogens is 554 g/mol. The van der Waals surface area contributed by atoms with E-state index in [0.29, 0.717) is 33.8 Å². The summed E-state index contributed by atoms with van der Waals surface area (Å²) in [5.74, 6) is -0.666. The quantitative estimate of drug-likeness (QED) is 0.231. The number of anilines is 1.